The van der Waals surface area contributed by atoms with E-state index in [-0.39, 0.29) is 10.6 Å². The van der Waals surface area contributed by atoms with Crippen LogP contribution in [0.25, 0.3) is 0 Å². The molecule has 6 heteroatoms. The van der Waals surface area contributed by atoms with Crippen LogP contribution in [0.2, 0.25) is 0 Å². The van der Waals surface area contributed by atoms with Crippen molar-refractivity contribution in [1.82, 2.24) is 4.98 Å². The highest BCUT2D eigenvalue weighted by molar-refractivity contribution is 7.86. The number of aromatic nitrogens is 1. The molecule has 5 nitrogen and oxygen atoms in total. The van der Waals surface area contributed by atoms with E-state index in [1.165, 1.54) is 19.4 Å². The van der Waals surface area contributed by atoms with Crippen molar-refractivity contribution < 1.29 is 17.7 Å². The van der Waals surface area contributed by atoms with E-state index < -0.39 is 10.1 Å². The lowest BCUT2D eigenvalue weighted by Crippen LogP contribution is -2.01. The minimum Gasteiger partial charge on any atom is -0.495 e. The van der Waals surface area contributed by atoms with Crippen LogP contribution in [-0.2, 0) is 10.1 Å². The minimum absolute atomic E-state index is 0.0764. The van der Waals surface area contributed by atoms with Gasteiger partial charge in [-0.1, -0.05) is 0 Å². The molecule has 0 radical (unpaired) electrons. The third-order valence-corrected chi connectivity index (χ3v) is 2.11. The molecule has 0 aliphatic rings. The van der Waals surface area contributed by atoms with Crippen LogP contribution in [0.1, 0.15) is 0 Å². The van der Waals surface area contributed by atoms with Crippen molar-refractivity contribution >= 4 is 10.1 Å². The van der Waals surface area contributed by atoms with Gasteiger partial charge in [0.2, 0.25) is 0 Å². The Kier molecular flexibility index (Phi) is 2.30. The van der Waals surface area contributed by atoms with Gasteiger partial charge in [0.1, 0.15) is 5.75 Å². The van der Waals surface area contributed by atoms with Gasteiger partial charge in [-0.3, -0.25) is 9.54 Å². The zero-order valence-corrected chi connectivity index (χ0v) is 7.08. The monoisotopic (exact) mass is 189 g/mol. The van der Waals surface area contributed by atoms with Gasteiger partial charge in [0.15, 0.2) is 4.90 Å². The Morgan fingerprint density at radius 2 is 2.25 bits per heavy atom. The molecule has 0 aromatic carbocycles. The second-order valence-electron chi connectivity index (χ2n) is 2.00. The standard InChI is InChI=1S/C6H7NO4S/c1-11-5-2-3-7-4-6(5)12(8,9)10/h2-4H,1H3,(H,8,9,10). The fraction of sp³-hybridized carbons (Fsp3) is 0.167. The van der Waals surface area contributed by atoms with Crippen molar-refractivity contribution in [2.75, 3.05) is 7.11 Å². The van der Waals surface area contributed by atoms with Crippen LogP contribution >= 0.6 is 0 Å². The average molecular weight is 189 g/mol. The lowest BCUT2D eigenvalue weighted by atomic mass is 10.4. The predicted octanol–water partition coefficient (Wildman–Crippen LogP) is 0.337. The van der Waals surface area contributed by atoms with Gasteiger partial charge in [0.25, 0.3) is 10.1 Å². The number of nitrogens with zero attached hydrogens (tertiary/aromatic N) is 1. The van der Waals surface area contributed by atoms with Crippen molar-refractivity contribution in [3.05, 3.63) is 18.5 Å². The van der Waals surface area contributed by atoms with Gasteiger partial charge in [-0.2, -0.15) is 8.42 Å². The number of hydrogen-bond donors (Lipinski definition) is 1. The van der Waals surface area contributed by atoms with E-state index in [0.717, 1.165) is 6.20 Å². The lowest BCUT2D eigenvalue weighted by molar-refractivity contribution is 0.396. The molecule has 1 aromatic heterocycles. The summed E-state index contributed by atoms with van der Waals surface area (Å²) < 4.78 is 34.6. The van der Waals surface area contributed by atoms with Crippen LogP contribution < -0.4 is 4.74 Å². The maximum atomic E-state index is 10.6. The van der Waals surface area contributed by atoms with E-state index in [4.69, 9.17) is 9.29 Å². The van der Waals surface area contributed by atoms with Crippen molar-refractivity contribution in [2.45, 2.75) is 4.90 Å². The zero-order chi connectivity index (χ0) is 9.19. The lowest BCUT2D eigenvalue weighted by Gasteiger charge is -2.02. The molecule has 66 valence electrons. The number of ether oxygens (including phenoxy) is 1. The van der Waals surface area contributed by atoms with E-state index in [2.05, 4.69) is 4.98 Å². The molecule has 12 heavy (non-hydrogen) atoms. The van der Waals surface area contributed by atoms with Crippen LogP contribution in [-0.4, -0.2) is 25.1 Å². The van der Waals surface area contributed by atoms with Crippen molar-refractivity contribution in [2.24, 2.45) is 0 Å². The molecular weight excluding hydrogens is 182 g/mol. The van der Waals surface area contributed by atoms with Crippen LogP contribution in [0, 0.1) is 0 Å². The molecule has 1 N–H and O–H groups in total. The Bertz CT molecular complexity index is 373. The summed E-state index contributed by atoms with van der Waals surface area (Å²) in [6.07, 6.45) is 2.39. The Morgan fingerprint density at radius 1 is 1.58 bits per heavy atom. The highest BCUT2D eigenvalue weighted by Crippen LogP contribution is 2.20. The smallest absolute Gasteiger partial charge is 0.299 e. The third kappa shape index (κ3) is 1.72. The van der Waals surface area contributed by atoms with Crippen LogP contribution in [0.3, 0.4) is 0 Å². The van der Waals surface area contributed by atoms with Crippen LogP contribution in [0.15, 0.2) is 23.4 Å². The van der Waals surface area contributed by atoms with Crippen molar-refractivity contribution in [1.29, 1.82) is 0 Å². The van der Waals surface area contributed by atoms with Gasteiger partial charge in [-0.25, -0.2) is 0 Å². The molecule has 0 amide bonds. The second-order valence-corrected chi connectivity index (χ2v) is 3.39. The predicted molar refractivity (Wildman–Crippen MR) is 40.6 cm³/mol. The number of pyridine rings is 1. The molecule has 0 fully saturated rings. The fourth-order valence-corrected chi connectivity index (χ4v) is 1.33. The topological polar surface area (TPSA) is 76.5 Å². The molecule has 0 saturated carbocycles. The first-order valence-electron chi connectivity index (χ1n) is 3.01. The first kappa shape index (κ1) is 8.95. The highest BCUT2D eigenvalue weighted by atomic mass is 32.2. The molecule has 0 aliphatic carbocycles. The van der Waals surface area contributed by atoms with Gasteiger partial charge < -0.3 is 4.74 Å². The number of hydrogen-bond acceptors (Lipinski definition) is 4. The summed E-state index contributed by atoms with van der Waals surface area (Å²) >= 11 is 0. The van der Waals surface area contributed by atoms with E-state index in [0.29, 0.717) is 0 Å². The molecule has 0 unspecified atom stereocenters. The van der Waals surface area contributed by atoms with Crippen molar-refractivity contribution in [3.8, 4) is 5.75 Å². The maximum Gasteiger partial charge on any atom is 0.299 e. The minimum atomic E-state index is -4.23. The second kappa shape index (κ2) is 3.08. The molecule has 1 rings (SSSR count). The van der Waals surface area contributed by atoms with Crippen LogP contribution in [0.4, 0.5) is 0 Å². The van der Waals surface area contributed by atoms with Crippen molar-refractivity contribution in [3.63, 3.8) is 0 Å². The van der Waals surface area contributed by atoms with Gasteiger partial charge in [0, 0.05) is 6.20 Å². The summed E-state index contributed by atoms with van der Waals surface area (Å²) in [4.78, 5) is 3.21. The summed E-state index contributed by atoms with van der Waals surface area (Å²) in [7, 11) is -2.92. The highest BCUT2D eigenvalue weighted by Gasteiger charge is 2.15. The third-order valence-electron chi connectivity index (χ3n) is 1.24. The molecule has 1 aromatic rings. The molecule has 0 aliphatic heterocycles. The Balaban J connectivity index is 3.33. The SMILES string of the molecule is COc1ccncc1S(=O)(=O)O. The van der Waals surface area contributed by atoms with Gasteiger partial charge in [0.05, 0.1) is 13.3 Å². The van der Waals surface area contributed by atoms with Gasteiger partial charge in [-0.05, 0) is 6.07 Å². The molecule has 0 saturated heterocycles. The summed E-state index contributed by atoms with van der Waals surface area (Å²) in [6.45, 7) is 0. The van der Waals surface area contributed by atoms with E-state index in [9.17, 15) is 8.42 Å². The largest absolute Gasteiger partial charge is 0.495 e. The molecule has 0 atom stereocenters. The molecule has 0 bridgehead atoms. The quantitative estimate of drug-likeness (QED) is 0.679. The van der Waals surface area contributed by atoms with E-state index >= 15 is 0 Å². The maximum absolute atomic E-state index is 10.6. The molecular formula is C6H7NO4S. The van der Waals surface area contributed by atoms with E-state index in [1.807, 2.05) is 0 Å². The Morgan fingerprint density at radius 3 is 2.67 bits per heavy atom. The first-order valence-corrected chi connectivity index (χ1v) is 4.45. The molecule has 0 spiro atoms. The average Bonchev–Trinajstić information content (AvgIpc) is 2.03. The Labute approximate surface area is 69.8 Å². The number of rotatable bonds is 2. The fourth-order valence-electron chi connectivity index (χ4n) is 0.730. The summed E-state index contributed by atoms with van der Waals surface area (Å²) in [5.74, 6) is 0.0764. The number of methoxy groups -OCH3 is 1. The summed E-state index contributed by atoms with van der Waals surface area (Å²) in [6, 6.07) is 1.35. The zero-order valence-electron chi connectivity index (χ0n) is 6.26. The summed E-state index contributed by atoms with van der Waals surface area (Å²) in [5.41, 5.74) is 0. The van der Waals surface area contributed by atoms with Gasteiger partial charge >= 0.3 is 0 Å². The van der Waals surface area contributed by atoms with E-state index in [1.54, 1.807) is 0 Å². The Hall–Kier alpha value is -1.14. The van der Waals surface area contributed by atoms with Crippen LogP contribution in [0.5, 0.6) is 5.75 Å². The molecule has 1 heterocycles. The normalized spacial score (nSPS) is 11.2. The first-order chi connectivity index (χ1) is 5.55. The van der Waals surface area contributed by atoms with Gasteiger partial charge in [-0.15, -0.1) is 0 Å². The summed E-state index contributed by atoms with van der Waals surface area (Å²) in [5, 5.41) is 0.